The molecule has 42 heavy (non-hydrogen) atoms. The molecule has 234 valence electrons. The Hall–Kier alpha value is -2.11. The first-order chi connectivity index (χ1) is 18.6. The van der Waals surface area contributed by atoms with Gasteiger partial charge in [0.05, 0.1) is 6.16 Å². The minimum absolute atomic E-state index is 0. The van der Waals surface area contributed by atoms with Crippen molar-refractivity contribution in [1.82, 2.24) is 0 Å². The average molecular weight is 750 g/mol. The van der Waals surface area contributed by atoms with Gasteiger partial charge in [0.2, 0.25) is 0 Å². The van der Waals surface area contributed by atoms with Crippen LogP contribution in [0, 0.1) is 20.8 Å². The molecule has 3 aromatic rings. The molecule has 0 N–H and O–H groups in total. The van der Waals surface area contributed by atoms with Crippen LogP contribution in [0.3, 0.4) is 0 Å². The second kappa shape index (κ2) is 15.6. The van der Waals surface area contributed by atoms with E-state index in [2.05, 4.69) is 106 Å². The van der Waals surface area contributed by atoms with E-state index in [0.717, 1.165) is 6.16 Å². The Labute approximate surface area is 255 Å². The van der Waals surface area contributed by atoms with E-state index in [-0.39, 0.29) is 20.4 Å². The summed E-state index contributed by atoms with van der Waals surface area (Å²) in [6.45, 7) is 10.9. The Bertz CT molecular complexity index is 1410. The molecule has 0 fully saturated rings. The topological polar surface area (TPSA) is 114 Å². The van der Waals surface area contributed by atoms with E-state index in [0.29, 0.717) is 0 Å². The van der Waals surface area contributed by atoms with Crippen molar-refractivity contribution in [3.63, 3.8) is 0 Å². The van der Waals surface area contributed by atoms with Gasteiger partial charge in [-0.05, 0) is 55.7 Å². The van der Waals surface area contributed by atoms with Crippen molar-refractivity contribution in [1.29, 1.82) is 0 Å². The maximum absolute atomic E-state index is 10.7. The van der Waals surface area contributed by atoms with E-state index in [1.54, 1.807) is 0 Å². The third-order valence-electron chi connectivity index (χ3n) is 5.55. The first-order valence-electron chi connectivity index (χ1n) is 11.3. The fraction of sp³-hybridized carbons (Fsp3) is 0.231. The Morgan fingerprint density at radius 3 is 1.02 bits per heavy atom. The van der Waals surface area contributed by atoms with Gasteiger partial charge in [0.1, 0.15) is 23.2 Å². The molecule has 0 amide bonds. The number of rotatable bonds is 5. The minimum atomic E-state index is -6.09. The Kier molecular flexibility index (Phi) is 14.8. The summed E-state index contributed by atoms with van der Waals surface area (Å²) >= 11 is 0. The van der Waals surface area contributed by atoms with Gasteiger partial charge >= 0.3 is 31.4 Å². The summed E-state index contributed by atoms with van der Waals surface area (Å²) in [5, 5.41) is 4.41. The van der Waals surface area contributed by atoms with Crippen molar-refractivity contribution in [2.45, 2.75) is 31.8 Å². The molecular formula is C26H26F6O6PPdS2+. The molecule has 3 rings (SSSR count). The molecule has 0 bridgehead atoms. The van der Waals surface area contributed by atoms with Gasteiger partial charge in [0.15, 0.2) is 20.2 Å². The zero-order chi connectivity index (χ0) is 31.9. The predicted octanol–water partition coefficient (Wildman–Crippen LogP) is 5.19. The summed E-state index contributed by atoms with van der Waals surface area (Å²) in [6, 6.07) is 26.6. The number of allylic oxidation sites excluding steroid dienone is 1. The van der Waals surface area contributed by atoms with Crippen LogP contribution < -0.4 is 15.9 Å². The van der Waals surface area contributed by atoms with Gasteiger partial charge in [-0.25, -0.2) is 16.8 Å². The summed E-state index contributed by atoms with van der Waals surface area (Å²) in [4.78, 5) is 0. The number of hydrogen-bond acceptors (Lipinski definition) is 6. The molecule has 0 saturated heterocycles. The fourth-order valence-corrected chi connectivity index (χ4v) is 8.66. The SMILES string of the molecule is C=CC[P+](c1ccccc1C)(c1ccccc1C)c1ccccc1C.O=S(=O)([O-])C(F)(F)F.O=S(=O)([O-])C(F)(F)F.[Pd+2]. The van der Waals surface area contributed by atoms with Crippen LogP contribution in [0.2, 0.25) is 0 Å². The van der Waals surface area contributed by atoms with Gasteiger partial charge in [0.25, 0.3) is 0 Å². The molecule has 0 aliphatic carbocycles. The summed E-state index contributed by atoms with van der Waals surface area (Å²) in [7, 11) is -14.0. The number of benzene rings is 3. The summed E-state index contributed by atoms with van der Waals surface area (Å²) in [6.07, 6.45) is 3.09. The van der Waals surface area contributed by atoms with E-state index in [1.807, 2.05) is 0 Å². The monoisotopic (exact) mass is 749 g/mol. The number of alkyl halides is 6. The van der Waals surface area contributed by atoms with Gasteiger partial charge in [-0.3, -0.25) is 0 Å². The number of hydrogen-bond donors (Lipinski definition) is 0. The van der Waals surface area contributed by atoms with Crippen LogP contribution in [0.5, 0.6) is 0 Å². The third-order valence-corrected chi connectivity index (χ3v) is 11.5. The van der Waals surface area contributed by atoms with Gasteiger partial charge in [0, 0.05) is 0 Å². The summed E-state index contributed by atoms with van der Waals surface area (Å²) in [5.74, 6) is 0. The maximum Gasteiger partial charge on any atom is 2.00 e. The Morgan fingerprint density at radius 1 is 0.643 bits per heavy atom. The van der Waals surface area contributed by atoms with Crippen molar-refractivity contribution in [2.75, 3.05) is 6.16 Å². The van der Waals surface area contributed by atoms with Crippen LogP contribution in [0.15, 0.2) is 85.5 Å². The van der Waals surface area contributed by atoms with Crippen LogP contribution in [-0.2, 0) is 40.7 Å². The molecule has 0 spiro atoms. The van der Waals surface area contributed by atoms with Crippen molar-refractivity contribution in [3.8, 4) is 0 Å². The van der Waals surface area contributed by atoms with Crippen molar-refractivity contribution in [2.24, 2.45) is 0 Å². The Balaban J connectivity index is 0.000000820. The van der Waals surface area contributed by atoms with Crippen molar-refractivity contribution in [3.05, 3.63) is 102 Å². The number of halogens is 6. The third kappa shape index (κ3) is 10.3. The fourth-order valence-electron chi connectivity index (χ4n) is 3.85. The zero-order valence-electron chi connectivity index (χ0n) is 22.2. The molecule has 0 aliphatic heterocycles. The summed E-state index contributed by atoms with van der Waals surface area (Å²) < 4.78 is 118. The van der Waals surface area contributed by atoms with E-state index in [4.69, 9.17) is 25.9 Å². The van der Waals surface area contributed by atoms with Gasteiger partial charge in [-0.2, -0.15) is 26.3 Å². The molecule has 0 unspecified atom stereocenters. The first-order valence-corrected chi connectivity index (χ1v) is 16.1. The van der Waals surface area contributed by atoms with Crippen LogP contribution in [0.1, 0.15) is 16.7 Å². The van der Waals surface area contributed by atoms with E-state index >= 15 is 0 Å². The molecule has 0 aromatic heterocycles. The smallest absolute Gasteiger partial charge is 0.741 e. The quantitative estimate of drug-likeness (QED) is 0.0887. The van der Waals surface area contributed by atoms with Crippen LogP contribution in [-0.4, -0.2) is 43.1 Å². The van der Waals surface area contributed by atoms with E-state index in [9.17, 15) is 26.3 Å². The van der Waals surface area contributed by atoms with Gasteiger partial charge in [-0.1, -0.05) is 67.3 Å². The molecule has 3 aromatic carbocycles. The van der Waals surface area contributed by atoms with Gasteiger partial charge < -0.3 is 9.11 Å². The van der Waals surface area contributed by atoms with Crippen LogP contribution in [0.25, 0.3) is 0 Å². The molecule has 0 atom stereocenters. The zero-order valence-corrected chi connectivity index (χ0v) is 26.3. The van der Waals surface area contributed by atoms with Crippen molar-refractivity contribution < 1.29 is 72.7 Å². The minimum Gasteiger partial charge on any atom is -0.741 e. The molecule has 0 heterocycles. The normalized spacial score (nSPS) is 12.1. The summed E-state index contributed by atoms with van der Waals surface area (Å²) in [5.41, 5.74) is -7.20. The molecular weight excluding hydrogens is 724 g/mol. The number of aryl methyl sites for hydroxylation is 3. The molecule has 6 nitrogen and oxygen atoms in total. The van der Waals surface area contributed by atoms with Crippen LogP contribution >= 0.6 is 7.26 Å². The van der Waals surface area contributed by atoms with Crippen LogP contribution in [0.4, 0.5) is 26.3 Å². The maximum atomic E-state index is 10.7. The molecule has 16 heteroatoms. The van der Waals surface area contributed by atoms with Crippen molar-refractivity contribution >= 4 is 43.4 Å². The molecule has 0 aliphatic rings. The standard InChI is InChI=1S/C24H26P.2CHF3O3S.Pd/c1-5-18-25(22-15-9-6-12-19(22)2,23-16-10-7-13-20(23)3)24-17-11-8-14-21(24)4;2*2-1(3,4)8(5,6)7;/h5-17H,1,18H2,2-4H3;2*(H,5,6,7);/q+1;;;+2/p-2. The predicted molar refractivity (Wildman–Crippen MR) is 146 cm³/mol. The largest absolute Gasteiger partial charge is 2.00 e. The van der Waals surface area contributed by atoms with E-state index in [1.165, 1.54) is 32.6 Å². The Morgan fingerprint density at radius 2 is 0.857 bits per heavy atom. The molecule has 0 radical (unpaired) electrons. The molecule has 0 saturated carbocycles. The van der Waals surface area contributed by atoms with Gasteiger partial charge in [-0.15, -0.1) is 0 Å². The second-order valence-electron chi connectivity index (χ2n) is 8.44. The average Bonchev–Trinajstić information content (AvgIpc) is 2.82. The second-order valence-corrected chi connectivity index (χ2v) is 14.6. The first kappa shape index (κ1) is 39.9. The van der Waals surface area contributed by atoms with E-state index < -0.39 is 38.5 Å².